The Labute approximate surface area is 160 Å². The van der Waals surface area contributed by atoms with Crippen molar-refractivity contribution in [1.82, 2.24) is 10.6 Å². The second-order valence-corrected chi connectivity index (χ2v) is 9.73. The van der Waals surface area contributed by atoms with Gasteiger partial charge in [-0.3, -0.25) is 5.32 Å². The highest BCUT2D eigenvalue weighted by atomic mass is 32.2. The summed E-state index contributed by atoms with van der Waals surface area (Å²) < 4.78 is 24.8. The highest BCUT2D eigenvalue weighted by molar-refractivity contribution is 7.92. The Hall–Kier alpha value is -2.09. The monoisotopic (exact) mass is 393 g/mol. The first kappa shape index (κ1) is 19.7. The second kappa shape index (κ2) is 7.50. The fourth-order valence-electron chi connectivity index (χ4n) is 4.54. The number of rotatable bonds is 4. The van der Waals surface area contributed by atoms with Gasteiger partial charge in [-0.1, -0.05) is 24.1 Å². The molecule has 1 aromatic carbocycles. The number of urea groups is 2. The van der Waals surface area contributed by atoms with Gasteiger partial charge in [0, 0.05) is 6.04 Å². The third-order valence-corrected chi connectivity index (χ3v) is 6.84. The van der Waals surface area contributed by atoms with Gasteiger partial charge >= 0.3 is 12.1 Å². The Balaban J connectivity index is 1.64. The molecule has 2 saturated carbocycles. The van der Waals surface area contributed by atoms with Crippen molar-refractivity contribution in [3.05, 3.63) is 29.8 Å². The normalized spacial score (nSPS) is 25.1. The summed E-state index contributed by atoms with van der Waals surface area (Å²) in [5, 5.41) is 4.97. The van der Waals surface area contributed by atoms with Gasteiger partial charge in [-0.15, -0.1) is 0 Å². The average molecular weight is 394 g/mol. The Bertz CT molecular complexity index is 822. The van der Waals surface area contributed by atoms with Gasteiger partial charge in [0.2, 0.25) is 10.0 Å². The minimum Gasteiger partial charge on any atom is -0.335 e. The predicted octanol–water partition coefficient (Wildman–Crippen LogP) is 3.00. The zero-order valence-corrected chi connectivity index (χ0v) is 16.8. The lowest BCUT2D eigenvalue weighted by Gasteiger charge is -2.28. The molecule has 148 valence electrons. The number of anilines is 1. The maximum absolute atomic E-state index is 12.5. The molecule has 3 rings (SSSR count). The van der Waals surface area contributed by atoms with E-state index in [0.717, 1.165) is 24.2 Å². The molecule has 27 heavy (non-hydrogen) atoms. The van der Waals surface area contributed by atoms with Crippen LogP contribution < -0.4 is 14.9 Å². The van der Waals surface area contributed by atoms with Gasteiger partial charge in [-0.05, 0) is 63.0 Å². The van der Waals surface area contributed by atoms with Crippen molar-refractivity contribution in [1.29, 1.82) is 0 Å². The molecular formula is C19H27N3O4S. The summed E-state index contributed by atoms with van der Waals surface area (Å²) in [4.78, 5) is 24.8. The fraction of sp³-hybridized carbons (Fsp3) is 0.579. The number of sulfonamides is 1. The first-order valence-electron chi connectivity index (χ1n) is 9.33. The van der Waals surface area contributed by atoms with E-state index >= 15 is 0 Å². The molecule has 2 aliphatic rings. The molecule has 4 amide bonds. The number of hydrogen-bond donors (Lipinski definition) is 2. The van der Waals surface area contributed by atoms with E-state index in [9.17, 15) is 18.0 Å². The highest BCUT2D eigenvalue weighted by Gasteiger charge is 2.42. The molecule has 0 aromatic heterocycles. The summed E-state index contributed by atoms with van der Waals surface area (Å²) in [6, 6.07) is 4.77. The molecule has 2 bridgehead atoms. The lowest BCUT2D eigenvalue weighted by atomic mass is 9.84. The maximum Gasteiger partial charge on any atom is 0.343 e. The van der Waals surface area contributed by atoms with E-state index < -0.39 is 22.1 Å². The van der Waals surface area contributed by atoms with Gasteiger partial charge in [-0.25, -0.2) is 18.0 Å². The van der Waals surface area contributed by atoms with E-state index in [0.29, 0.717) is 16.1 Å². The summed E-state index contributed by atoms with van der Waals surface area (Å²) in [7, 11) is -3.89. The van der Waals surface area contributed by atoms with E-state index in [4.69, 9.17) is 0 Å². The van der Waals surface area contributed by atoms with Crippen LogP contribution in [0, 0.1) is 24.7 Å². The molecule has 4 unspecified atom stereocenters. The minimum atomic E-state index is -3.89. The average Bonchev–Trinajstić information content (AvgIpc) is 3.18. The van der Waals surface area contributed by atoms with Gasteiger partial charge < -0.3 is 5.32 Å². The molecule has 8 heteroatoms. The van der Waals surface area contributed by atoms with E-state index in [1.807, 2.05) is 13.8 Å². The maximum atomic E-state index is 12.5. The predicted molar refractivity (Wildman–Crippen MR) is 104 cm³/mol. The number of nitrogens with one attached hydrogen (secondary N) is 2. The van der Waals surface area contributed by atoms with Crippen molar-refractivity contribution < 1.29 is 18.0 Å². The van der Waals surface area contributed by atoms with Gasteiger partial charge in [0.15, 0.2) is 0 Å². The van der Waals surface area contributed by atoms with Crippen LogP contribution >= 0.6 is 0 Å². The second-order valence-electron chi connectivity index (χ2n) is 7.89. The molecule has 0 saturated heterocycles. The summed E-state index contributed by atoms with van der Waals surface area (Å²) >= 11 is 0. The summed E-state index contributed by atoms with van der Waals surface area (Å²) in [5.41, 5.74) is 1.12. The number of aryl methyl sites for hydroxylation is 1. The number of amides is 4. The zero-order valence-electron chi connectivity index (χ0n) is 15.9. The van der Waals surface area contributed by atoms with Crippen molar-refractivity contribution in [3.8, 4) is 0 Å². The smallest absolute Gasteiger partial charge is 0.335 e. The molecule has 0 aliphatic heterocycles. The quantitative estimate of drug-likeness (QED) is 0.822. The van der Waals surface area contributed by atoms with E-state index in [1.54, 1.807) is 12.1 Å². The number of hydrogen-bond acceptors (Lipinski definition) is 4. The summed E-state index contributed by atoms with van der Waals surface area (Å²) in [6.07, 6.45) is 5.75. The fourth-order valence-corrected chi connectivity index (χ4v) is 5.40. The van der Waals surface area contributed by atoms with Gasteiger partial charge in [-0.2, -0.15) is 4.31 Å². The van der Waals surface area contributed by atoms with Crippen molar-refractivity contribution in [2.24, 2.45) is 17.8 Å². The van der Waals surface area contributed by atoms with Crippen molar-refractivity contribution in [2.75, 3.05) is 10.6 Å². The number of nitrogens with zero attached hydrogens (tertiary/aromatic N) is 1. The number of fused-ring (bicyclic) bond motifs is 2. The van der Waals surface area contributed by atoms with Crippen molar-refractivity contribution >= 4 is 27.8 Å². The van der Waals surface area contributed by atoms with Crippen LogP contribution in [-0.4, -0.2) is 32.8 Å². The van der Waals surface area contributed by atoms with Gasteiger partial charge in [0.25, 0.3) is 0 Å². The summed E-state index contributed by atoms with van der Waals surface area (Å²) in [5.74, 6) is 1.82. The molecule has 2 N–H and O–H groups in total. The van der Waals surface area contributed by atoms with Crippen molar-refractivity contribution in [3.63, 3.8) is 0 Å². The third kappa shape index (κ3) is 4.43. The van der Waals surface area contributed by atoms with Crippen LogP contribution in [0.3, 0.4) is 0 Å². The standard InChI is InChI=1S/C19H27N3O4S/c1-12-4-8-16(9-5-12)22(27(3,25)26)19(24)21-18(23)20-13(2)17-11-14-6-7-15(17)10-14/h4-5,8-9,13-15,17H,6-7,10-11H2,1-3H3,(H2,20,21,23,24). The number of benzene rings is 1. The lowest BCUT2D eigenvalue weighted by molar-refractivity contribution is 0.217. The van der Waals surface area contributed by atoms with Crippen LogP contribution in [0.15, 0.2) is 24.3 Å². The highest BCUT2D eigenvalue weighted by Crippen LogP contribution is 2.49. The minimum absolute atomic E-state index is 0.0563. The first-order chi connectivity index (χ1) is 12.6. The van der Waals surface area contributed by atoms with Crippen LogP contribution in [0.1, 0.15) is 38.2 Å². The molecule has 7 nitrogen and oxygen atoms in total. The molecule has 0 radical (unpaired) electrons. The van der Waals surface area contributed by atoms with Crippen LogP contribution in [0.4, 0.5) is 15.3 Å². The van der Waals surface area contributed by atoms with E-state index in [-0.39, 0.29) is 11.7 Å². The molecule has 4 atom stereocenters. The lowest BCUT2D eigenvalue weighted by Crippen LogP contribution is -2.52. The summed E-state index contributed by atoms with van der Waals surface area (Å²) in [6.45, 7) is 3.81. The zero-order chi connectivity index (χ0) is 19.8. The SMILES string of the molecule is Cc1ccc(N(C(=O)NC(=O)NC(C)C2CC3CCC2C3)S(C)(=O)=O)cc1. The molecule has 2 aliphatic carbocycles. The largest absolute Gasteiger partial charge is 0.343 e. The number of carbonyl (C=O) groups excluding carboxylic acids is 2. The van der Waals surface area contributed by atoms with Crippen LogP contribution in [0.2, 0.25) is 0 Å². The van der Waals surface area contributed by atoms with Crippen LogP contribution in [0.25, 0.3) is 0 Å². The molecule has 2 fully saturated rings. The topological polar surface area (TPSA) is 95.6 Å². The third-order valence-electron chi connectivity index (χ3n) is 5.80. The van der Waals surface area contributed by atoms with Crippen LogP contribution in [0.5, 0.6) is 0 Å². The van der Waals surface area contributed by atoms with Crippen molar-refractivity contribution in [2.45, 2.75) is 45.6 Å². The molecular weight excluding hydrogens is 366 g/mol. The number of imide groups is 1. The Morgan fingerprint density at radius 3 is 2.33 bits per heavy atom. The molecule has 0 heterocycles. The van der Waals surface area contributed by atoms with Gasteiger partial charge in [0.1, 0.15) is 0 Å². The Morgan fingerprint density at radius 1 is 1.15 bits per heavy atom. The first-order valence-corrected chi connectivity index (χ1v) is 11.2. The number of carbonyl (C=O) groups is 2. The molecule has 1 aromatic rings. The van der Waals surface area contributed by atoms with Crippen LogP contribution in [-0.2, 0) is 10.0 Å². The molecule has 0 spiro atoms. The van der Waals surface area contributed by atoms with E-state index in [1.165, 1.54) is 31.4 Å². The van der Waals surface area contributed by atoms with Gasteiger partial charge in [0.05, 0.1) is 11.9 Å². The Kier molecular flexibility index (Phi) is 5.46. The van der Waals surface area contributed by atoms with E-state index in [2.05, 4.69) is 10.6 Å². The Morgan fingerprint density at radius 2 is 1.81 bits per heavy atom.